The minimum atomic E-state index is -4.99. The van der Waals surface area contributed by atoms with Gasteiger partial charge in [0.2, 0.25) is 0 Å². The molecule has 0 aliphatic heterocycles. The van der Waals surface area contributed by atoms with Crippen LogP contribution in [0.4, 0.5) is 26.3 Å². The van der Waals surface area contributed by atoms with Gasteiger partial charge in [0, 0.05) is 5.56 Å². The summed E-state index contributed by atoms with van der Waals surface area (Å²) in [4.78, 5) is 0. The van der Waals surface area contributed by atoms with Gasteiger partial charge in [-0.1, -0.05) is 13.3 Å². The lowest BCUT2D eigenvalue weighted by Crippen LogP contribution is -2.20. The molecule has 0 bridgehead atoms. The zero-order valence-electron chi connectivity index (χ0n) is 14.6. The zero-order valence-corrected chi connectivity index (χ0v) is 14.6. The van der Waals surface area contributed by atoms with Crippen LogP contribution in [-0.4, -0.2) is 6.36 Å². The largest absolute Gasteiger partial charge is 0.573 e. The molecule has 1 atom stereocenters. The number of halogens is 6. The molecule has 0 amide bonds. The summed E-state index contributed by atoms with van der Waals surface area (Å²) in [5, 5.41) is 0. The average molecular weight is 388 g/mol. The zero-order chi connectivity index (χ0) is 19.8. The number of alkyl halides is 3. The second-order valence-corrected chi connectivity index (χ2v) is 6.76. The van der Waals surface area contributed by atoms with Crippen molar-refractivity contribution in [2.45, 2.75) is 51.3 Å². The fourth-order valence-corrected chi connectivity index (χ4v) is 3.67. The predicted octanol–water partition coefficient (Wildman–Crippen LogP) is 6.23. The first-order valence-electron chi connectivity index (χ1n) is 8.72. The van der Waals surface area contributed by atoms with Crippen molar-refractivity contribution >= 4 is 0 Å². The monoisotopic (exact) mass is 388 g/mol. The molecule has 0 aromatic heterocycles. The van der Waals surface area contributed by atoms with Crippen LogP contribution in [0.2, 0.25) is 0 Å². The van der Waals surface area contributed by atoms with E-state index in [4.69, 9.17) is 0 Å². The molecule has 0 spiro atoms. The van der Waals surface area contributed by atoms with Gasteiger partial charge in [0.05, 0.1) is 0 Å². The fraction of sp³-hybridized carbons (Fsp3) is 0.400. The summed E-state index contributed by atoms with van der Waals surface area (Å²) in [7, 11) is 0. The van der Waals surface area contributed by atoms with Gasteiger partial charge in [-0.3, -0.25) is 0 Å². The Morgan fingerprint density at radius 2 is 1.63 bits per heavy atom. The summed E-state index contributed by atoms with van der Waals surface area (Å²) in [6.07, 6.45) is -2.88. The molecule has 2 aromatic carbocycles. The molecule has 0 heterocycles. The fourth-order valence-electron chi connectivity index (χ4n) is 3.67. The van der Waals surface area contributed by atoms with Gasteiger partial charge in [-0.15, -0.1) is 13.2 Å². The Balaban J connectivity index is 1.88. The number of rotatable bonds is 4. The quantitative estimate of drug-likeness (QED) is 0.565. The van der Waals surface area contributed by atoms with E-state index < -0.39 is 35.5 Å². The van der Waals surface area contributed by atoms with Gasteiger partial charge in [0.1, 0.15) is 11.6 Å². The van der Waals surface area contributed by atoms with E-state index in [0.717, 1.165) is 18.6 Å². The molecule has 0 fully saturated rings. The molecule has 0 saturated heterocycles. The summed E-state index contributed by atoms with van der Waals surface area (Å²) in [5.41, 5.74) is 1.47. The van der Waals surface area contributed by atoms with Crippen LogP contribution in [0.25, 0.3) is 0 Å². The Labute approximate surface area is 153 Å². The summed E-state index contributed by atoms with van der Waals surface area (Å²) in [6.45, 7) is 1.91. The molecule has 27 heavy (non-hydrogen) atoms. The van der Waals surface area contributed by atoms with Crippen molar-refractivity contribution < 1.29 is 31.1 Å². The highest BCUT2D eigenvalue weighted by atomic mass is 19.4. The number of hydrogen-bond donors (Lipinski definition) is 0. The van der Waals surface area contributed by atoms with E-state index in [0.29, 0.717) is 29.5 Å². The number of benzene rings is 2. The van der Waals surface area contributed by atoms with Crippen molar-refractivity contribution in [3.05, 3.63) is 64.0 Å². The van der Waals surface area contributed by atoms with Gasteiger partial charge in [-0.25, -0.2) is 13.2 Å². The van der Waals surface area contributed by atoms with E-state index in [2.05, 4.69) is 4.74 Å². The molecule has 1 aliphatic carbocycles. The second kappa shape index (κ2) is 7.44. The van der Waals surface area contributed by atoms with Crippen LogP contribution >= 0.6 is 0 Å². The highest BCUT2D eigenvalue weighted by Crippen LogP contribution is 2.38. The van der Waals surface area contributed by atoms with Crippen molar-refractivity contribution in [3.8, 4) is 5.75 Å². The lowest BCUT2D eigenvalue weighted by Gasteiger charge is -2.26. The van der Waals surface area contributed by atoms with Crippen molar-refractivity contribution in [2.24, 2.45) is 0 Å². The van der Waals surface area contributed by atoms with E-state index in [1.807, 2.05) is 6.92 Å². The third-order valence-electron chi connectivity index (χ3n) is 4.79. The van der Waals surface area contributed by atoms with Crippen molar-refractivity contribution in [2.75, 3.05) is 0 Å². The first-order chi connectivity index (χ1) is 12.7. The summed E-state index contributed by atoms with van der Waals surface area (Å²) >= 11 is 0. The highest BCUT2D eigenvalue weighted by Gasteiger charge is 2.34. The maximum Gasteiger partial charge on any atom is 0.573 e. The van der Waals surface area contributed by atoms with E-state index in [-0.39, 0.29) is 18.4 Å². The van der Waals surface area contributed by atoms with Gasteiger partial charge in [0.15, 0.2) is 11.6 Å². The lowest BCUT2D eigenvalue weighted by atomic mass is 9.79. The smallest absolute Gasteiger partial charge is 0.403 e. The Hall–Kier alpha value is -2.18. The highest BCUT2D eigenvalue weighted by molar-refractivity contribution is 5.41. The molecular weight excluding hydrogens is 370 g/mol. The van der Waals surface area contributed by atoms with E-state index in [1.54, 1.807) is 0 Å². The third-order valence-corrected chi connectivity index (χ3v) is 4.79. The minimum Gasteiger partial charge on any atom is -0.403 e. The summed E-state index contributed by atoms with van der Waals surface area (Å²) < 4.78 is 83.6. The Bertz CT molecular complexity index is 820. The van der Waals surface area contributed by atoms with E-state index in [9.17, 15) is 26.3 Å². The van der Waals surface area contributed by atoms with Crippen LogP contribution in [-0.2, 0) is 19.3 Å². The van der Waals surface area contributed by atoms with Crippen molar-refractivity contribution in [1.82, 2.24) is 0 Å². The average Bonchev–Trinajstić information content (AvgIpc) is 2.54. The van der Waals surface area contributed by atoms with E-state index >= 15 is 0 Å². The van der Waals surface area contributed by atoms with Crippen LogP contribution in [0, 0.1) is 17.5 Å². The number of fused-ring (bicyclic) bond motifs is 1. The molecule has 1 unspecified atom stereocenters. The van der Waals surface area contributed by atoms with Gasteiger partial charge in [-0.2, -0.15) is 0 Å². The Kier molecular flexibility index (Phi) is 5.40. The standard InChI is InChI=1S/C20H18F6O/c1-2-3-11-6-16(22)19(17(23)7-11)13-5-4-12-10-18(27-20(24,25)26)15(21)9-14(12)8-13/h6-7,9-10,13H,2-5,8H2,1H3. The van der Waals surface area contributed by atoms with Crippen LogP contribution in [0.1, 0.15) is 47.9 Å². The number of hydrogen-bond acceptors (Lipinski definition) is 1. The Morgan fingerprint density at radius 1 is 0.963 bits per heavy atom. The molecule has 0 radical (unpaired) electrons. The molecule has 146 valence electrons. The maximum absolute atomic E-state index is 14.5. The third kappa shape index (κ3) is 4.39. The minimum absolute atomic E-state index is 0.0449. The normalized spacial score (nSPS) is 16.9. The van der Waals surface area contributed by atoms with Gasteiger partial charge < -0.3 is 4.74 Å². The molecule has 1 aliphatic rings. The number of ether oxygens (including phenoxy) is 1. The van der Waals surface area contributed by atoms with Crippen LogP contribution in [0.3, 0.4) is 0 Å². The summed E-state index contributed by atoms with van der Waals surface area (Å²) in [5.74, 6) is -3.80. The molecule has 1 nitrogen and oxygen atoms in total. The topological polar surface area (TPSA) is 9.23 Å². The first kappa shape index (κ1) is 19.6. The predicted molar refractivity (Wildman–Crippen MR) is 88.2 cm³/mol. The molecule has 0 N–H and O–H groups in total. The van der Waals surface area contributed by atoms with Crippen LogP contribution in [0.5, 0.6) is 5.75 Å². The molecule has 2 aromatic rings. The van der Waals surface area contributed by atoms with Crippen molar-refractivity contribution in [3.63, 3.8) is 0 Å². The SMILES string of the molecule is CCCc1cc(F)c(C2CCc3cc(OC(F)(F)F)c(F)cc3C2)c(F)c1. The second-order valence-electron chi connectivity index (χ2n) is 6.76. The maximum atomic E-state index is 14.5. The Morgan fingerprint density at radius 3 is 2.22 bits per heavy atom. The van der Waals surface area contributed by atoms with Gasteiger partial charge in [0.25, 0.3) is 0 Å². The van der Waals surface area contributed by atoms with Crippen molar-refractivity contribution in [1.29, 1.82) is 0 Å². The molecular formula is C20H18F6O. The van der Waals surface area contributed by atoms with E-state index in [1.165, 1.54) is 12.1 Å². The van der Waals surface area contributed by atoms with Crippen LogP contribution < -0.4 is 4.74 Å². The van der Waals surface area contributed by atoms with Gasteiger partial charge >= 0.3 is 6.36 Å². The van der Waals surface area contributed by atoms with Crippen LogP contribution in [0.15, 0.2) is 24.3 Å². The molecule has 0 saturated carbocycles. The summed E-state index contributed by atoms with van der Waals surface area (Å²) in [6, 6.07) is 4.62. The first-order valence-corrected chi connectivity index (χ1v) is 8.72. The number of aryl methyl sites for hydroxylation is 2. The molecule has 7 heteroatoms. The molecule has 3 rings (SSSR count). The van der Waals surface area contributed by atoms with Gasteiger partial charge in [-0.05, 0) is 72.6 Å². The lowest BCUT2D eigenvalue weighted by molar-refractivity contribution is -0.275.